The molecule has 1 aromatic carbocycles. The molecule has 2 aliphatic rings. The van der Waals surface area contributed by atoms with Crippen molar-refractivity contribution in [3.8, 4) is 0 Å². The van der Waals surface area contributed by atoms with E-state index in [4.69, 9.17) is 4.74 Å². The number of esters is 1. The predicted octanol–water partition coefficient (Wildman–Crippen LogP) is 3.59. The van der Waals surface area contributed by atoms with Gasteiger partial charge in [-0.1, -0.05) is 31.5 Å². The Morgan fingerprint density at radius 2 is 1.96 bits per heavy atom. The van der Waals surface area contributed by atoms with E-state index in [-0.39, 0.29) is 17.3 Å². The topological polar surface area (TPSA) is 66.8 Å². The van der Waals surface area contributed by atoms with Gasteiger partial charge in [0, 0.05) is 0 Å². The first-order valence-electron chi connectivity index (χ1n) is 9.18. The van der Waals surface area contributed by atoms with Crippen LogP contribution in [0.4, 0.5) is 0 Å². The molecule has 1 aromatic rings. The van der Waals surface area contributed by atoms with Crippen LogP contribution >= 0.6 is 0 Å². The highest BCUT2D eigenvalue weighted by Crippen LogP contribution is 2.59. The van der Waals surface area contributed by atoms with Crippen LogP contribution in [-0.2, 0) is 20.5 Å². The fourth-order valence-electron chi connectivity index (χ4n) is 5.28. The molecule has 4 unspecified atom stereocenters. The lowest BCUT2D eigenvalue weighted by molar-refractivity contribution is -0.162. The zero-order chi connectivity index (χ0) is 18.6. The maximum absolute atomic E-state index is 12.6. The maximum atomic E-state index is 12.6. The smallest absolute Gasteiger partial charge is 0.311 e. The van der Waals surface area contributed by atoms with Gasteiger partial charge in [-0.15, -0.1) is 0 Å². The molecule has 0 aromatic heterocycles. The van der Waals surface area contributed by atoms with E-state index in [1.165, 1.54) is 7.11 Å². The van der Waals surface area contributed by atoms with E-state index in [1.807, 2.05) is 25.1 Å². The Hall–Kier alpha value is -1.39. The molecule has 138 valence electrons. The second kappa shape index (κ2) is 5.82. The van der Waals surface area contributed by atoms with Crippen LogP contribution in [0.15, 0.2) is 18.2 Å². The second-order valence-corrected chi connectivity index (χ2v) is 8.85. The summed E-state index contributed by atoms with van der Waals surface area (Å²) in [5.41, 5.74) is 1.12. The molecule has 0 bridgehead atoms. The first-order chi connectivity index (χ1) is 11.5. The summed E-state index contributed by atoms with van der Waals surface area (Å²) in [6, 6.07) is 5.93. The summed E-state index contributed by atoms with van der Waals surface area (Å²) in [6.45, 7) is 7.71. The minimum Gasteiger partial charge on any atom is -0.469 e. The minimum atomic E-state index is -0.945. The number of ether oxygens (including phenoxy) is 1. The molecule has 2 aliphatic carbocycles. The van der Waals surface area contributed by atoms with Crippen molar-refractivity contribution in [3.63, 3.8) is 0 Å². The molecule has 0 spiro atoms. The molecule has 4 atom stereocenters. The number of hydrogen-bond acceptors (Lipinski definition) is 4. The van der Waals surface area contributed by atoms with Crippen molar-refractivity contribution in [2.45, 2.75) is 70.5 Å². The van der Waals surface area contributed by atoms with E-state index < -0.39 is 17.1 Å². The van der Waals surface area contributed by atoms with Crippen molar-refractivity contribution < 1.29 is 19.7 Å². The number of fused-ring (bicyclic) bond motifs is 3. The van der Waals surface area contributed by atoms with Crippen molar-refractivity contribution in [1.82, 2.24) is 0 Å². The summed E-state index contributed by atoms with van der Waals surface area (Å²) in [5.74, 6) is -0.135. The molecule has 25 heavy (non-hydrogen) atoms. The lowest BCUT2D eigenvalue weighted by Gasteiger charge is -2.55. The quantitative estimate of drug-likeness (QED) is 0.803. The van der Waals surface area contributed by atoms with Crippen LogP contribution in [0.3, 0.4) is 0 Å². The van der Waals surface area contributed by atoms with Gasteiger partial charge in [0.05, 0.1) is 24.2 Å². The van der Waals surface area contributed by atoms with Crippen molar-refractivity contribution >= 4 is 5.97 Å². The minimum absolute atomic E-state index is 0.0386. The Morgan fingerprint density at radius 1 is 1.28 bits per heavy atom. The van der Waals surface area contributed by atoms with Crippen molar-refractivity contribution in [2.75, 3.05) is 7.11 Å². The average molecular weight is 346 g/mol. The molecule has 4 nitrogen and oxygen atoms in total. The number of carbonyl (C=O) groups excluding carboxylic acids is 1. The summed E-state index contributed by atoms with van der Waals surface area (Å²) in [5, 5.41) is 21.2. The molecular formula is C21H30O4. The maximum Gasteiger partial charge on any atom is 0.311 e. The molecule has 0 aliphatic heterocycles. The standard InChI is InChI=1S/C21H30O4/c1-19(2,24)13-7-8-15-14(11-13)16(22)12-17-20(15,3)9-6-10-21(17,4)18(23)25-5/h7-8,11,16-17,22,24H,6,9-10,12H2,1-5H3. The van der Waals surface area contributed by atoms with Crippen LogP contribution < -0.4 is 0 Å². The molecule has 0 amide bonds. The third-order valence-corrected chi connectivity index (χ3v) is 6.77. The van der Waals surface area contributed by atoms with Gasteiger partial charge in [0.15, 0.2) is 0 Å². The number of benzene rings is 1. The van der Waals surface area contributed by atoms with Crippen LogP contribution in [0.1, 0.15) is 76.2 Å². The van der Waals surface area contributed by atoms with Crippen LogP contribution in [0.2, 0.25) is 0 Å². The number of methoxy groups -OCH3 is 1. The first-order valence-corrected chi connectivity index (χ1v) is 9.18. The molecule has 0 radical (unpaired) electrons. The van der Waals surface area contributed by atoms with E-state index in [1.54, 1.807) is 13.8 Å². The van der Waals surface area contributed by atoms with Gasteiger partial charge in [0.1, 0.15) is 0 Å². The summed E-state index contributed by atoms with van der Waals surface area (Å²) >= 11 is 0. The van der Waals surface area contributed by atoms with E-state index in [2.05, 4.69) is 6.92 Å². The lowest BCUT2D eigenvalue weighted by Crippen LogP contribution is -2.53. The Balaban J connectivity index is 2.13. The number of carbonyl (C=O) groups is 1. The van der Waals surface area contributed by atoms with E-state index in [9.17, 15) is 15.0 Å². The van der Waals surface area contributed by atoms with Gasteiger partial charge in [-0.3, -0.25) is 4.79 Å². The van der Waals surface area contributed by atoms with Gasteiger partial charge < -0.3 is 14.9 Å². The van der Waals surface area contributed by atoms with Crippen molar-refractivity contribution in [3.05, 3.63) is 34.9 Å². The van der Waals surface area contributed by atoms with Gasteiger partial charge in [-0.25, -0.2) is 0 Å². The monoisotopic (exact) mass is 346 g/mol. The molecular weight excluding hydrogens is 316 g/mol. The molecule has 3 rings (SSSR count). The Kier molecular flexibility index (Phi) is 4.28. The highest BCUT2D eigenvalue weighted by Gasteiger charge is 2.57. The summed E-state index contributed by atoms with van der Waals surface area (Å²) < 4.78 is 5.12. The predicted molar refractivity (Wildman–Crippen MR) is 96.1 cm³/mol. The van der Waals surface area contributed by atoms with Gasteiger partial charge in [-0.05, 0) is 68.1 Å². The molecule has 2 N–H and O–H groups in total. The fraction of sp³-hybridized carbons (Fsp3) is 0.667. The third-order valence-electron chi connectivity index (χ3n) is 6.77. The fourth-order valence-corrected chi connectivity index (χ4v) is 5.28. The SMILES string of the molecule is COC(=O)C1(C)CCCC2(C)c3ccc(C(C)(C)O)cc3C(O)CC12. The van der Waals surface area contributed by atoms with Gasteiger partial charge in [0.25, 0.3) is 0 Å². The third kappa shape index (κ3) is 2.70. The Morgan fingerprint density at radius 3 is 2.56 bits per heavy atom. The highest BCUT2D eigenvalue weighted by molar-refractivity contribution is 5.77. The van der Waals surface area contributed by atoms with Crippen LogP contribution in [0.5, 0.6) is 0 Å². The summed E-state index contributed by atoms with van der Waals surface area (Å²) in [4.78, 5) is 12.6. The number of aliphatic hydroxyl groups excluding tert-OH is 1. The molecule has 1 fully saturated rings. The van der Waals surface area contributed by atoms with E-state index >= 15 is 0 Å². The van der Waals surface area contributed by atoms with E-state index in [0.29, 0.717) is 6.42 Å². The van der Waals surface area contributed by atoms with E-state index in [0.717, 1.165) is 36.0 Å². The zero-order valence-corrected chi connectivity index (χ0v) is 15.9. The number of aliphatic hydroxyl groups is 2. The molecule has 0 saturated heterocycles. The zero-order valence-electron chi connectivity index (χ0n) is 15.9. The van der Waals surface area contributed by atoms with Crippen molar-refractivity contribution in [2.24, 2.45) is 11.3 Å². The number of hydrogen-bond donors (Lipinski definition) is 2. The Labute approximate surface area is 150 Å². The summed E-state index contributed by atoms with van der Waals surface area (Å²) in [7, 11) is 1.45. The Bertz CT molecular complexity index is 690. The molecule has 1 saturated carbocycles. The average Bonchev–Trinajstić information content (AvgIpc) is 2.55. The highest BCUT2D eigenvalue weighted by atomic mass is 16.5. The first kappa shape index (κ1) is 18.4. The van der Waals surface area contributed by atoms with Crippen LogP contribution in [-0.4, -0.2) is 23.3 Å². The van der Waals surface area contributed by atoms with Gasteiger partial charge in [-0.2, -0.15) is 0 Å². The second-order valence-electron chi connectivity index (χ2n) is 8.85. The number of rotatable bonds is 2. The van der Waals surface area contributed by atoms with Gasteiger partial charge >= 0.3 is 5.97 Å². The lowest BCUT2D eigenvalue weighted by atomic mass is 9.49. The van der Waals surface area contributed by atoms with Crippen LogP contribution in [0, 0.1) is 11.3 Å². The summed E-state index contributed by atoms with van der Waals surface area (Å²) in [6.07, 6.45) is 2.67. The van der Waals surface area contributed by atoms with Gasteiger partial charge in [0.2, 0.25) is 0 Å². The normalized spacial score (nSPS) is 34.8. The van der Waals surface area contributed by atoms with Crippen LogP contribution in [0.25, 0.3) is 0 Å². The van der Waals surface area contributed by atoms with Crippen molar-refractivity contribution in [1.29, 1.82) is 0 Å². The molecule has 4 heteroatoms. The largest absolute Gasteiger partial charge is 0.469 e. The molecule has 0 heterocycles.